The third-order valence-corrected chi connectivity index (χ3v) is 11.2. The van der Waals surface area contributed by atoms with E-state index in [9.17, 15) is 19.2 Å². The molecule has 3 saturated carbocycles. The van der Waals surface area contributed by atoms with E-state index in [-0.39, 0.29) is 23.0 Å². The molecule has 0 radical (unpaired) electrons. The van der Waals surface area contributed by atoms with Gasteiger partial charge in [-0.3, -0.25) is 4.79 Å². The number of hydrogen-bond donors (Lipinski definition) is 2. The van der Waals surface area contributed by atoms with Gasteiger partial charge in [0.25, 0.3) is 0 Å². The van der Waals surface area contributed by atoms with Gasteiger partial charge in [0.05, 0.1) is 28.4 Å². The highest BCUT2D eigenvalue weighted by atomic mass is 32.2. The number of aliphatic hydroxyl groups excluding tert-OH is 1. The van der Waals surface area contributed by atoms with Crippen LogP contribution in [0.15, 0.2) is 58.4 Å². The van der Waals surface area contributed by atoms with Gasteiger partial charge in [0.1, 0.15) is 0 Å². The summed E-state index contributed by atoms with van der Waals surface area (Å²) >= 11 is 0. The number of rotatable bonds is 3. The van der Waals surface area contributed by atoms with E-state index in [1.807, 2.05) is 30.3 Å². The molecule has 0 spiro atoms. The van der Waals surface area contributed by atoms with Crippen LogP contribution in [0.4, 0.5) is 0 Å². The molecule has 3 fully saturated rings. The topological polar surface area (TPSA) is 74.6 Å². The first-order chi connectivity index (χ1) is 15.1. The quantitative estimate of drug-likeness (QED) is 0.703. The van der Waals surface area contributed by atoms with Gasteiger partial charge in [-0.25, -0.2) is 4.21 Å². The molecule has 172 valence electrons. The summed E-state index contributed by atoms with van der Waals surface area (Å²) in [5.74, 6) is -0.0942. The maximum Gasteiger partial charge on any atom is 0.163 e. The fraction of sp³-hybridized carbons (Fsp3) is 0.593. The van der Waals surface area contributed by atoms with E-state index < -0.39 is 33.8 Å². The standard InChI is InChI=1S/C27H34O4S/c1-17(32(31)19-7-5-4-6-8-19)20-16-25(2)18(15-23(20)28)9-10-22-21(25)11-13-26(3)24(29)12-14-27(22,26)30/h4-8,15,20-22,24,29-30H,1,9-14,16H2,2-3H3/t20?,21-,22+,24-,25-,26+,27+,32?/m0/s1. The highest BCUT2D eigenvalue weighted by Crippen LogP contribution is 2.67. The van der Waals surface area contributed by atoms with Gasteiger partial charge in [0.2, 0.25) is 0 Å². The van der Waals surface area contributed by atoms with Crippen molar-refractivity contribution >= 4 is 16.6 Å². The highest BCUT2D eigenvalue weighted by Gasteiger charge is 2.66. The molecule has 0 saturated heterocycles. The van der Waals surface area contributed by atoms with Crippen LogP contribution in [0.25, 0.3) is 0 Å². The van der Waals surface area contributed by atoms with Crippen molar-refractivity contribution in [3.63, 3.8) is 0 Å². The molecule has 0 bridgehead atoms. The van der Waals surface area contributed by atoms with Crippen molar-refractivity contribution in [2.24, 2.45) is 28.6 Å². The van der Waals surface area contributed by atoms with E-state index >= 15 is 0 Å². The lowest BCUT2D eigenvalue weighted by atomic mass is 9.45. The molecule has 0 amide bonds. The number of carbonyl (C=O) groups is 1. The summed E-state index contributed by atoms with van der Waals surface area (Å²) in [6, 6.07) is 9.22. The van der Waals surface area contributed by atoms with Crippen molar-refractivity contribution in [2.75, 3.05) is 0 Å². The minimum atomic E-state index is -1.44. The Morgan fingerprint density at radius 3 is 2.53 bits per heavy atom. The molecule has 5 heteroatoms. The summed E-state index contributed by atoms with van der Waals surface area (Å²) in [5, 5.41) is 22.6. The average Bonchev–Trinajstić information content (AvgIpc) is 3.03. The minimum absolute atomic E-state index is 0.0147. The van der Waals surface area contributed by atoms with Gasteiger partial charge in [-0.1, -0.05) is 44.2 Å². The molecule has 0 aromatic heterocycles. The summed E-state index contributed by atoms with van der Waals surface area (Å²) in [6.45, 7) is 8.44. The monoisotopic (exact) mass is 454 g/mol. The average molecular weight is 455 g/mol. The molecule has 8 atom stereocenters. The van der Waals surface area contributed by atoms with Gasteiger partial charge in [0.15, 0.2) is 5.78 Å². The van der Waals surface area contributed by atoms with Gasteiger partial charge in [-0.05, 0) is 80.4 Å². The van der Waals surface area contributed by atoms with Crippen molar-refractivity contribution in [2.45, 2.75) is 75.4 Å². The maximum atomic E-state index is 13.2. The SMILES string of the molecule is C=C(C1C[C@@]2(C)C(=CC1=O)CC[C@@H]1[C@@H]2CC[C@]2(C)[C@@H](O)CC[C@@]12O)S(=O)c1ccccc1. The molecule has 2 unspecified atom stereocenters. The predicted molar refractivity (Wildman–Crippen MR) is 125 cm³/mol. The van der Waals surface area contributed by atoms with Crippen molar-refractivity contribution in [1.29, 1.82) is 0 Å². The summed E-state index contributed by atoms with van der Waals surface area (Å²) in [4.78, 5) is 14.3. The van der Waals surface area contributed by atoms with Crippen LogP contribution in [0.1, 0.15) is 58.8 Å². The van der Waals surface area contributed by atoms with E-state index in [1.165, 1.54) is 5.57 Å². The number of ketones is 1. The van der Waals surface area contributed by atoms with Crippen LogP contribution in [0.3, 0.4) is 0 Å². The van der Waals surface area contributed by atoms with E-state index in [1.54, 1.807) is 6.08 Å². The van der Waals surface area contributed by atoms with Gasteiger partial charge >= 0.3 is 0 Å². The van der Waals surface area contributed by atoms with Gasteiger partial charge in [0, 0.05) is 15.2 Å². The number of hydrogen-bond acceptors (Lipinski definition) is 4. The molecule has 5 rings (SSSR count). The zero-order chi connectivity index (χ0) is 22.9. The molecule has 2 N–H and O–H groups in total. The molecule has 0 aliphatic heterocycles. The maximum absolute atomic E-state index is 13.2. The van der Waals surface area contributed by atoms with E-state index in [4.69, 9.17) is 0 Å². The molecular formula is C27H34O4S. The van der Waals surface area contributed by atoms with Crippen LogP contribution in [-0.2, 0) is 15.6 Å². The third kappa shape index (κ3) is 2.93. The van der Waals surface area contributed by atoms with Crippen molar-refractivity contribution in [1.82, 2.24) is 0 Å². The number of benzene rings is 1. The minimum Gasteiger partial charge on any atom is -0.392 e. The predicted octanol–water partition coefficient (Wildman–Crippen LogP) is 4.54. The lowest BCUT2D eigenvalue weighted by molar-refractivity contribution is -0.193. The second-order valence-electron chi connectivity index (χ2n) is 11.0. The Morgan fingerprint density at radius 2 is 1.81 bits per heavy atom. The van der Waals surface area contributed by atoms with Crippen molar-refractivity contribution in [3.05, 3.63) is 53.5 Å². The van der Waals surface area contributed by atoms with Crippen LogP contribution >= 0.6 is 0 Å². The fourth-order valence-corrected chi connectivity index (χ4v) is 8.85. The van der Waals surface area contributed by atoms with E-state index in [0.29, 0.717) is 29.1 Å². The molecule has 0 heterocycles. The lowest BCUT2D eigenvalue weighted by Crippen LogP contribution is -2.61. The summed E-state index contributed by atoms with van der Waals surface area (Å²) < 4.78 is 13.2. The normalized spacial score (nSPS) is 44.1. The number of aliphatic hydroxyl groups is 2. The Bertz CT molecular complexity index is 1020. The smallest absolute Gasteiger partial charge is 0.163 e. The molecule has 4 aliphatic rings. The zero-order valence-electron chi connectivity index (χ0n) is 19.0. The number of carbonyl (C=O) groups excluding carboxylic acids is 1. The van der Waals surface area contributed by atoms with Crippen molar-refractivity contribution < 1.29 is 19.2 Å². The Morgan fingerprint density at radius 1 is 1.09 bits per heavy atom. The molecule has 4 nitrogen and oxygen atoms in total. The van der Waals surface area contributed by atoms with Gasteiger partial charge in [-0.2, -0.15) is 0 Å². The van der Waals surface area contributed by atoms with E-state index in [0.717, 1.165) is 25.7 Å². The Kier molecular flexibility index (Phi) is 5.20. The van der Waals surface area contributed by atoms with Crippen LogP contribution < -0.4 is 0 Å². The van der Waals surface area contributed by atoms with Crippen LogP contribution in [0.5, 0.6) is 0 Å². The Labute approximate surface area is 193 Å². The van der Waals surface area contributed by atoms with Gasteiger partial charge < -0.3 is 10.2 Å². The number of allylic oxidation sites excluding steroid dienone is 2. The summed E-state index contributed by atoms with van der Waals surface area (Å²) in [6.07, 6.45) is 6.65. The largest absolute Gasteiger partial charge is 0.392 e. The summed E-state index contributed by atoms with van der Waals surface area (Å²) in [5.41, 5.74) is -0.349. The lowest BCUT2D eigenvalue weighted by Gasteiger charge is -2.61. The van der Waals surface area contributed by atoms with Gasteiger partial charge in [-0.15, -0.1) is 0 Å². The summed E-state index contributed by atoms with van der Waals surface area (Å²) in [7, 11) is -1.44. The molecule has 4 aliphatic carbocycles. The Hall–Kier alpha value is -1.56. The van der Waals surface area contributed by atoms with E-state index in [2.05, 4.69) is 20.4 Å². The van der Waals surface area contributed by atoms with Crippen LogP contribution in [-0.4, -0.2) is 31.9 Å². The number of fused-ring (bicyclic) bond motifs is 5. The highest BCUT2D eigenvalue weighted by molar-refractivity contribution is 7.89. The molecule has 1 aromatic rings. The zero-order valence-corrected chi connectivity index (χ0v) is 19.9. The van der Waals surface area contributed by atoms with Crippen molar-refractivity contribution in [3.8, 4) is 0 Å². The first-order valence-corrected chi connectivity index (χ1v) is 13.1. The Balaban J connectivity index is 1.47. The molecule has 1 aromatic carbocycles. The second-order valence-corrected chi connectivity index (χ2v) is 12.5. The van der Waals surface area contributed by atoms with Crippen LogP contribution in [0, 0.1) is 28.6 Å². The first kappa shape index (κ1) is 22.2. The molecule has 32 heavy (non-hydrogen) atoms. The second kappa shape index (κ2) is 7.48. The third-order valence-electron chi connectivity index (χ3n) is 9.75. The molecular weight excluding hydrogens is 420 g/mol. The first-order valence-electron chi connectivity index (χ1n) is 11.9. The van der Waals surface area contributed by atoms with Crippen LogP contribution in [0.2, 0.25) is 0 Å². The fourth-order valence-electron chi connectivity index (χ4n) is 7.68.